The van der Waals surface area contributed by atoms with Gasteiger partial charge in [-0.3, -0.25) is 9.80 Å². The molecule has 1 aliphatic rings. The standard InChI is InChI=1S/C17H28N6O/c1-5-15-19-20-16(24-15)11-21(2)10-13-7-6-8-22(3)17(13)14-9-18-12-23(14)4/h9,12-13,17H,5-8,10-11H2,1-4H3/t13-,17+/m0/s1. The molecule has 1 fully saturated rings. The van der Waals surface area contributed by atoms with Crippen LogP contribution in [0.5, 0.6) is 0 Å². The summed E-state index contributed by atoms with van der Waals surface area (Å²) in [7, 11) is 6.43. The van der Waals surface area contributed by atoms with Crippen molar-refractivity contribution >= 4 is 0 Å². The molecule has 0 aromatic carbocycles. The minimum atomic E-state index is 0.405. The SMILES string of the molecule is CCc1nnc(CN(C)C[C@@H]2CCCN(C)[C@H]2c2cncn2C)o1. The molecule has 2 aromatic heterocycles. The van der Waals surface area contributed by atoms with E-state index in [0.29, 0.717) is 30.3 Å². The normalized spacial score (nSPS) is 22.4. The summed E-state index contributed by atoms with van der Waals surface area (Å²) < 4.78 is 7.79. The maximum Gasteiger partial charge on any atom is 0.230 e. The second-order valence-electron chi connectivity index (χ2n) is 6.90. The molecular formula is C17H28N6O. The predicted octanol–water partition coefficient (Wildman–Crippen LogP) is 1.88. The van der Waals surface area contributed by atoms with Gasteiger partial charge in [0.2, 0.25) is 11.8 Å². The fourth-order valence-electron chi connectivity index (χ4n) is 3.76. The fourth-order valence-corrected chi connectivity index (χ4v) is 3.76. The Morgan fingerprint density at radius 3 is 2.75 bits per heavy atom. The lowest BCUT2D eigenvalue weighted by molar-refractivity contribution is 0.0857. The first-order valence-electron chi connectivity index (χ1n) is 8.74. The van der Waals surface area contributed by atoms with Gasteiger partial charge in [-0.1, -0.05) is 6.92 Å². The van der Waals surface area contributed by atoms with Gasteiger partial charge in [0.1, 0.15) is 0 Å². The van der Waals surface area contributed by atoms with Gasteiger partial charge in [0, 0.05) is 26.2 Å². The van der Waals surface area contributed by atoms with Crippen molar-refractivity contribution in [2.24, 2.45) is 13.0 Å². The van der Waals surface area contributed by atoms with Crippen LogP contribution in [0.3, 0.4) is 0 Å². The van der Waals surface area contributed by atoms with Crippen LogP contribution in [0.1, 0.15) is 43.3 Å². The number of likely N-dealkylation sites (tertiary alicyclic amines) is 1. The first kappa shape index (κ1) is 17.1. The van der Waals surface area contributed by atoms with Crippen LogP contribution >= 0.6 is 0 Å². The van der Waals surface area contributed by atoms with Gasteiger partial charge in [0.15, 0.2) is 0 Å². The largest absolute Gasteiger partial charge is 0.424 e. The molecule has 2 aromatic rings. The van der Waals surface area contributed by atoms with Gasteiger partial charge in [0.25, 0.3) is 0 Å². The van der Waals surface area contributed by atoms with Crippen LogP contribution in [-0.2, 0) is 20.0 Å². The molecule has 2 atom stereocenters. The first-order valence-corrected chi connectivity index (χ1v) is 8.74. The van der Waals surface area contributed by atoms with Gasteiger partial charge in [-0.25, -0.2) is 4.98 Å². The van der Waals surface area contributed by atoms with Crippen molar-refractivity contribution in [3.8, 4) is 0 Å². The number of imidazole rings is 1. The van der Waals surface area contributed by atoms with E-state index >= 15 is 0 Å². The molecule has 0 bridgehead atoms. The quantitative estimate of drug-likeness (QED) is 0.805. The summed E-state index contributed by atoms with van der Waals surface area (Å²) in [5.74, 6) is 1.98. The van der Waals surface area contributed by atoms with E-state index in [1.165, 1.54) is 18.5 Å². The Labute approximate surface area is 143 Å². The highest BCUT2D eigenvalue weighted by Gasteiger charge is 2.33. The minimum Gasteiger partial charge on any atom is -0.424 e. The molecule has 0 aliphatic carbocycles. The van der Waals surface area contributed by atoms with E-state index in [2.05, 4.69) is 50.7 Å². The van der Waals surface area contributed by atoms with E-state index in [1.54, 1.807) is 0 Å². The molecule has 7 heteroatoms. The molecule has 132 valence electrons. The Hall–Kier alpha value is -1.73. The Kier molecular flexibility index (Phi) is 5.30. The van der Waals surface area contributed by atoms with Crippen molar-refractivity contribution < 1.29 is 4.42 Å². The summed E-state index contributed by atoms with van der Waals surface area (Å²) in [5.41, 5.74) is 1.29. The van der Waals surface area contributed by atoms with E-state index < -0.39 is 0 Å². The molecule has 24 heavy (non-hydrogen) atoms. The second kappa shape index (κ2) is 7.44. The average Bonchev–Trinajstić information content (AvgIpc) is 3.16. The Bertz CT molecular complexity index is 651. The number of aromatic nitrogens is 4. The molecule has 0 saturated carbocycles. The highest BCUT2D eigenvalue weighted by atomic mass is 16.4. The molecule has 1 saturated heterocycles. The zero-order valence-corrected chi connectivity index (χ0v) is 15.1. The van der Waals surface area contributed by atoms with E-state index in [4.69, 9.17) is 4.42 Å². The minimum absolute atomic E-state index is 0.405. The number of hydrogen-bond acceptors (Lipinski definition) is 6. The summed E-state index contributed by atoms with van der Waals surface area (Å²) in [4.78, 5) is 9.07. The Morgan fingerprint density at radius 2 is 2.08 bits per heavy atom. The average molecular weight is 332 g/mol. The lowest BCUT2D eigenvalue weighted by Crippen LogP contribution is -2.41. The summed E-state index contributed by atoms with van der Waals surface area (Å²) >= 11 is 0. The molecule has 0 unspecified atom stereocenters. The maximum absolute atomic E-state index is 5.64. The molecule has 0 radical (unpaired) electrons. The maximum atomic E-state index is 5.64. The van der Waals surface area contributed by atoms with E-state index in [0.717, 1.165) is 19.5 Å². The Balaban J connectivity index is 1.68. The van der Waals surface area contributed by atoms with E-state index in [9.17, 15) is 0 Å². The summed E-state index contributed by atoms with van der Waals surface area (Å²) in [6, 6.07) is 0.405. The van der Waals surface area contributed by atoms with Gasteiger partial charge in [-0.2, -0.15) is 0 Å². The lowest BCUT2D eigenvalue weighted by atomic mass is 9.87. The van der Waals surface area contributed by atoms with Crippen LogP contribution in [0.25, 0.3) is 0 Å². The number of nitrogens with zero attached hydrogens (tertiary/aromatic N) is 6. The van der Waals surface area contributed by atoms with Crippen LogP contribution in [0, 0.1) is 5.92 Å². The number of piperidine rings is 1. The predicted molar refractivity (Wildman–Crippen MR) is 91.3 cm³/mol. The van der Waals surface area contributed by atoms with Crippen LogP contribution < -0.4 is 0 Å². The van der Waals surface area contributed by atoms with Crippen molar-refractivity contribution in [2.45, 2.75) is 38.8 Å². The smallest absolute Gasteiger partial charge is 0.230 e. The van der Waals surface area contributed by atoms with Crippen LogP contribution in [0.4, 0.5) is 0 Å². The van der Waals surface area contributed by atoms with Crippen molar-refractivity contribution in [3.63, 3.8) is 0 Å². The molecular weight excluding hydrogens is 304 g/mol. The molecule has 1 aliphatic heterocycles. The van der Waals surface area contributed by atoms with Gasteiger partial charge in [-0.15, -0.1) is 10.2 Å². The van der Waals surface area contributed by atoms with Crippen LogP contribution in [0.15, 0.2) is 16.9 Å². The molecule has 3 heterocycles. The fraction of sp³-hybridized carbons (Fsp3) is 0.706. The third-order valence-corrected chi connectivity index (χ3v) is 4.93. The van der Waals surface area contributed by atoms with Crippen molar-refractivity contribution in [3.05, 3.63) is 30.0 Å². The number of aryl methyl sites for hydroxylation is 2. The summed E-state index contributed by atoms with van der Waals surface area (Å²) in [5, 5.41) is 8.19. The molecule has 3 rings (SSSR count). The third kappa shape index (κ3) is 3.67. The third-order valence-electron chi connectivity index (χ3n) is 4.93. The summed E-state index contributed by atoms with van der Waals surface area (Å²) in [6.07, 6.45) is 7.15. The summed E-state index contributed by atoms with van der Waals surface area (Å²) in [6.45, 7) is 4.87. The molecule has 0 amide bonds. The van der Waals surface area contributed by atoms with E-state index in [-0.39, 0.29) is 0 Å². The monoisotopic (exact) mass is 332 g/mol. The van der Waals surface area contributed by atoms with Gasteiger partial charge in [0.05, 0.1) is 24.6 Å². The Morgan fingerprint density at radius 1 is 1.29 bits per heavy atom. The van der Waals surface area contributed by atoms with Crippen molar-refractivity contribution in [1.82, 2.24) is 29.5 Å². The highest BCUT2D eigenvalue weighted by Crippen LogP contribution is 2.35. The van der Waals surface area contributed by atoms with Crippen LogP contribution in [-0.4, -0.2) is 56.7 Å². The molecule has 0 N–H and O–H groups in total. The highest BCUT2D eigenvalue weighted by molar-refractivity contribution is 5.08. The molecule has 0 spiro atoms. The van der Waals surface area contributed by atoms with Gasteiger partial charge in [-0.05, 0) is 39.4 Å². The van der Waals surface area contributed by atoms with Gasteiger partial charge < -0.3 is 8.98 Å². The zero-order valence-electron chi connectivity index (χ0n) is 15.1. The first-order chi connectivity index (χ1) is 11.6. The second-order valence-corrected chi connectivity index (χ2v) is 6.90. The lowest BCUT2D eigenvalue weighted by Gasteiger charge is -2.40. The van der Waals surface area contributed by atoms with Crippen molar-refractivity contribution in [2.75, 3.05) is 27.2 Å². The van der Waals surface area contributed by atoms with Gasteiger partial charge >= 0.3 is 0 Å². The van der Waals surface area contributed by atoms with Crippen LogP contribution in [0.2, 0.25) is 0 Å². The van der Waals surface area contributed by atoms with E-state index in [1.807, 2.05) is 19.4 Å². The number of hydrogen-bond donors (Lipinski definition) is 0. The van der Waals surface area contributed by atoms with Crippen molar-refractivity contribution in [1.29, 1.82) is 0 Å². The molecule has 7 nitrogen and oxygen atoms in total. The topological polar surface area (TPSA) is 63.2 Å². The zero-order chi connectivity index (χ0) is 17.1. The number of rotatable bonds is 6.